The molecule has 1 atom stereocenters. The van der Waals surface area contributed by atoms with Gasteiger partial charge in [-0.2, -0.15) is 4.98 Å². The summed E-state index contributed by atoms with van der Waals surface area (Å²) in [4.78, 5) is 31.9. The summed E-state index contributed by atoms with van der Waals surface area (Å²) < 4.78 is 5.30. The molecule has 1 saturated heterocycles. The van der Waals surface area contributed by atoms with E-state index in [9.17, 15) is 9.59 Å². The molecule has 0 unspecified atom stereocenters. The van der Waals surface area contributed by atoms with E-state index in [1.807, 2.05) is 38.1 Å². The van der Waals surface area contributed by atoms with Gasteiger partial charge in [0.2, 0.25) is 11.8 Å². The Balaban J connectivity index is 1.65. The Bertz CT molecular complexity index is 786. The Morgan fingerprint density at radius 1 is 1.28 bits per heavy atom. The maximum Gasteiger partial charge on any atom is 0.258 e. The normalized spacial score (nSPS) is 17.6. The van der Waals surface area contributed by atoms with Crippen molar-refractivity contribution >= 4 is 11.8 Å². The van der Waals surface area contributed by atoms with Crippen molar-refractivity contribution in [3.8, 4) is 11.5 Å². The van der Waals surface area contributed by atoms with Gasteiger partial charge in [0.05, 0.1) is 6.42 Å². The number of carbonyl (C=O) groups excluding carboxylic acids is 2. The standard InChI is InChI=1S/C18H22N4O3/c1-12-6-4-5-7-15(12)18-19-16(20-25-18)10-17(24)21-8-9-22(14(3)23)13(2)11-21/h4-7,13H,8-11H2,1-3H3/t13-/m1/s1. The minimum Gasteiger partial charge on any atom is -0.338 e. The number of hydrogen-bond acceptors (Lipinski definition) is 5. The fraction of sp³-hybridized carbons (Fsp3) is 0.444. The van der Waals surface area contributed by atoms with Crippen LogP contribution in [0.5, 0.6) is 0 Å². The average molecular weight is 342 g/mol. The Labute approximate surface area is 146 Å². The van der Waals surface area contributed by atoms with Crippen molar-refractivity contribution in [1.29, 1.82) is 0 Å². The maximum absolute atomic E-state index is 12.5. The van der Waals surface area contributed by atoms with Crippen molar-refractivity contribution in [2.75, 3.05) is 19.6 Å². The number of piperazine rings is 1. The average Bonchev–Trinajstić information content (AvgIpc) is 3.03. The summed E-state index contributed by atoms with van der Waals surface area (Å²) in [5, 5.41) is 3.93. The van der Waals surface area contributed by atoms with Gasteiger partial charge in [-0.05, 0) is 25.5 Å². The van der Waals surface area contributed by atoms with Gasteiger partial charge >= 0.3 is 0 Å². The molecular weight excluding hydrogens is 320 g/mol. The van der Waals surface area contributed by atoms with Crippen LogP contribution >= 0.6 is 0 Å². The molecule has 7 nitrogen and oxygen atoms in total. The van der Waals surface area contributed by atoms with E-state index in [0.29, 0.717) is 31.3 Å². The molecule has 0 bridgehead atoms. The highest BCUT2D eigenvalue weighted by Crippen LogP contribution is 2.21. The summed E-state index contributed by atoms with van der Waals surface area (Å²) in [6.07, 6.45) is 0.0994. The third-order valence-corrected chi connectivity index (χ3v) is 4.54. The fourth-order valence-electron chi connectivity index (χ4n) is 3.15. The predicted octanol–water partition coefficient (Wildman–Crippen LogP) is 1.67. The van der Waals surface area contributed by atoms with Crippen molar-refractivity contribution in [2.45, 2.75) is 33.2 Å². The summed E-state index contributed by atoms with van der Waals surface area (Å²) in [7, 11) is 0. The number of amides is 2. The van der Waals surface area contributed by atoms with Gasteiger partial charge in [-0.3, -0.25) is 9.59 Å². The minimum atomic E-state index is -0.0489. The van der Waals surface area contributed by atoms with Crippen molar-refractivity contribution < 1.29 is 14.1 Å². The Hall–Kier alpha value is -2.70. The molecule has 2 aromatic rings. The molecule has 1 aromatic heterocycles. The Kier molecular flexibility index (Phi) is 4.83. The van der Waals surface area contributed by atoms with Gasteiger partial charge in [0.25, 0.3) is 5.89 Å². The highest BCUT2D eigenvalue weighted by molar-refractivity contribution is 5.79. The second-order valence-electron chi connectivity index (χ2n) is 6.41. The molecule has 1 aliphatic heterocycles. The largest absolute Gasteiger partial charge is 0.338 e. The van der Waals surface area contributed by atoms with E-state index in [1.165, 1.54) is 0 Å². The molecule has 0 aliphatic carbocycles. The van der Waals surface area contributed by atoms with Gasteiger partial charge in [0.1, 0.15) is 0 Å². The second kappa shape index (κ2) is 7.04. The van der Waals surface area contributed by atoms with E-state index in [4.69, 9.17) is 4.52 Å². The van der Waals surface area contributed by atoms with Gasteiger partial charge in [-0.25, -0.2) is 0 Å². The van der Waals surface area contributed by atoms with Crippen LogP contribution < -0.4 is 0 Å². The highest BCUT2D eigenvalue weighted by Gasteiger charge is 2.28. The zero-order valence-corrected chi connectivity index (χ0v) is 14.7. The Morgan fingerprint density at radius 3 is 2.72 bits per heavy atom. The second-order valence-corrected chi connectivity index (χ2v) is 6.41. The van der Waals surface area contributed by atoms with Crippen LogP contribution in [0.15, 0.2) is 28.8 Å². The molecule has 2 heterocycles. The summed E-state index contributed by atoms with van der Waals surface area (Å²) >= 11 is 0. The van der Waals surface area contributed by atoms with Crippen LogP contribution in [0.3, 0.4) is 0 Å². The van der Waals surface area contributed by atoms with Crippen LogP contribution in [0.25, 0.3) is 11.5 Å². The van der Waals surface area contributed by atoms with Gasteiger partial charge in [-0.1, -0.05) is 23.4 Å². The van der Waals surface area contributed by atoms with Crippen LogP contribution in [0, 0.1) is 6.92 Å². The molecule has 0 N–H and O–H groups in total. The van der Waals surface area contributed by atoms with E-state index in [0.717, 1.165) is 11.1 Å². The molecule has 2 amide bonds. The zero-order valence-electron chi connectivity index (χ0n) is 14.7. The lowest BCUT2D eigenvalue weighted by atomic mass is 10.1. The van der Waals surface area contributed by atoms with Crippen LogP contribution in [-0.4, -0.2) is 57.4 Å². The first-order valence-electron chi connectivity index (χ1n) is 8.39. The molecule has 1 aliphatic rings. The SMILES string of the molecule is CC(=O)N1CCN(C(=O)Cc2noc(-c3ccccc3C)n2)C[C@H]1C. The van der Waals surface area contributed by atoms with E-state index >= 15 is 0 Å². The quantitative estimate of drug-likeness (QED) is 0.848. The number of aromatic nitrogens is 2. The van der Waals surface area contributed by atoms with E-state index < -0.39 is 0 Å². The van der Waals surface area contributed by atoms with E-state index in [1.54, 1.807) is 16.7 Å². The highest BCUT2D eigenvalue weighted by atomic mass is 16.5. The molecule has 1 fully saturated rings. The van der Waals surface area contributed by atoms with Crippen LogP contribution in [0.1, 0.15) is 25.2 Å². The van der Waals surface area contributed by atoms with Crippen molar-refractivity contribution in [2.24, 2.45) is 0 Å². The molecule has 0 spiro atoms. The predicted molar refractivity (Wildman–Crippen MR) is 91.6 cm³/mol. The maximum atomic E-state index is 12.5. The topological polar surface area (TPSA) is 79.5 Å². The first-order valence-corrected chi connectivity index (χ1v) is 8.39. The number of rotatable bonds is 3. The first kappa shape index (κ1) is 17.1. The molecule has 3 rings (SSSR count). The van der Waals surface area contributed by atoms with E-state index in [-0.39, 0.29) is 24.3 Å². The van der Waals surface area contributed by atoms with Crippen molar-refractivity contribution in [3.63, 3.8) is 0 Å². The third-order valence-electron chi connectivity index (χ3n) is 4.54. The molecule has 25 heavy (non-hydrogen) atoms. The summed E-state index contributed by atoms with van der Waals surface area (Å²) in [6, 6.07) is 7.76. The lowest BCUT2D eigenvalue weighted by Gasteiger charge is -2.39. The number of hydrogen-bond donors (Lipinski definition) is 0. The number of nitrogens with zero attached hydrogens (tertiary/aromatic N) is 4. The minimum absolute atomic E-state index is 0.0167. The van der Waals surface area contributed by atoms with Crippen molar-refractivity contribution in [1.82, 2.24) is 19.9 Å². The molecule has 132 valence electrons. The number of carbonyl (C=O) groups is 2. The summed E-state index contributed by atoms with van der Waals surface area (Å²) in [5.41, 5.74) is 1.91. The van der Waals surface area contributed by atoms with E-state index in [2.05, 4.69) is 10.1 Å². The summed E-state index contributed by atoms with van der Waals surface area (Å²) in [5.74, 6) is 0.799. The van der Waals surface area contributed by atoms with Gasteiger partial charge in [0.15, 0.2) is 5.82 Å². The molecule has 1 aromatic carbocycles. The third kappa shape index (κ3) is 3.70. The molecule has 0 radical (unpaired) electrons. The van der Waals surface area contributed by atoms with Crippen molar-refractivity contribution in [3.05, 3.63) is 35.7 Å². The zero-order chi connectivity index (χ0) is 18.0. The lowest BCUT2D eigenvalue weighted by molar-refractivity contribution is -0.140. The molecular formula is C18H22N4O3. The summed E-state index contributed by atoms with van der Waals surface area (Å²) in [6.45, 7) is 7.10. The number of benzene rings is 1. The van der Waals surface area contributed by atoms with Gasteiger partial charge in [0, 0.05) is 38.2 Å². The first-order chi connectivity index (χ1) is 12.0. The monoisotopic (exact) mass is 342 g/mol. The Morgan fingerprint density at radius 2 is 2.04 bits per heavy atom. The fourth-order valence-corrected chi connectivity index (χ4v) is 3.15. The number of aryl methyl sites for hydroxylation is 1. The smallest absolute Gasteiger partial charge is 0.258 e. The van der Waals surface area contributed by atoms with Gasteiger partial charge < -0.3 is 14.3 Å². The van der Waals surface area contributed by atoms with Crippen LogP contribution in [-0.2, 0) is 16.0 Å². The van der Waals surface area contributed by atoms with Crippen LogP contribution in [0.4, 0.5) is 0 Å². The van der Waals surface area contributed by atoms with Crippen LogP contribution in [0.2, 0.25) is 0 Å². The van der Waals surface area contributed by atoms with Gasteiger partial charge in [-0.15, -0.1) is 0 Å². The molecule has 7 heteroatoms. The molecule has 0 saturated carbocycles. The lowest BCUT2D eigenvalue weighted by Crippen LogP contribution is -2.55.